The van der Waals surface area contributed by atoms with Crippen LogP contribution in [-0.2, 0) is 14.4 Å². The highest BCUT2D eigenvalue weighted by molar-refractivity contribution is 5.83. The molecule has 3 heteroatoms. The molecule has 4 aliphatic carbocycles. The molecular formula is C43H72O3. The van der Waals surface area contributed by atoms with Crippen molar-refractivity contribution in [1.82, 2.24) is 0 Å². The Morgan fingerprint density at radius 1 is 0.783 bits per heavy atom. The average Bonchev–Trinajstić information content (AvgIpc) is 3.36. The van der Waals surface area contributed by atoms with Gasteiger partial charge in [0.2, 0.25) is 0 Å². The molecule has 0 heterocycles. The van der Waals surface area contributed by atoms with Crippen LogP contribution >= 0.6 is 0 Å². The van der Waals surface area contributed by atoms with Gasteiger partial charge in [0.15, 0.2) is 0 Å². The Bertz CT molecular complexity index is 1050. The van der Waals surface area contributed by atoms with E-state index < -0.39 is 0 Å². The van der Waals surface area contributed by atoms with Gasteiger partial charge in [-0.25, -0.2) is 0 Å². The van der Waals surface area contributed by atoms with Crippen molar-refractivity contribution >= 4 is 17.3 Å². The molecule has 4 aliphatic rings. The first kappa shape index (κ1) is 37.6. The van der Waals surface area contributed by atoms with Crippen LogP contribution in [0.1, 0.15) is 183 Å². The fourth-order valence-corrected chi connectivity index (χ4v) is 11.4. The first-order chi connectivity index (χ1) is 21.8. The van der Waals surface area contributed by atoms with Crippen LogP contribution in [0.4, 0.5) is 0 Å². The Balaban J connectivity index is 1.16. The number of unbranched alkanes of at least 4 members (excludes halogenated alkanes) is 2. The maximum Gasteiger partial charge on any atom is 0.135 e. The Labute approximate surface area is 284 Å². The van der Waals surface area contributed by atoms with Crippen molar-refractivity contribution in [1.29, 1.82) is 0 Å². The summed E-state index contributed by atoms with van der Waals surface area (Å²) in [4.78, 5) is 35.9. The first-order valence-corrected chi connectivity index (χ1v) is 20.1. The lowest BCUT2D eigenvalue weighted by atomic mass is 9.46. The van der Waals surface area contributed by atoms with Crippen molar-refractivity contribution in [2.24, 2.45) is 58.2 Å². The predicted molar refractivity (Wildman–Crippen MR) is 193 cm³/mol. The Morgan fingerprint density at radius 2 is 1.54 bits per heavy atom. The van der Waals surface area contributed by atoms with Gasteiger partial charge in [-0.05, 0) is 130 Å². The Morgan fingerprint density at radius 3 is 2.28 bits per heavy atom. The molecular weight excluding hydrogens is 564 g/mol. The molecule has 0 aromatic rings. The van der Waals surface area contributed by atoms with Crippen LogP contribution in [0.15, 0.2) is 11.6 Å². The fraction of sp³-hybridized carbons (Fsp3) is 0.884. The predicted octanol–water partition coefficient (Wildman–Crippen LogP) is 11.9. The minimum atomic E-state index is -0.0703. The molecule has 0 amide bonds. The number of ketones is 3. The van der Waals surface area contributed by atoms with E-state index in [1.54, 1.807) is 6.92 Å². The van der Waals surface area contributed by atoms with E-state index in [0.29, 0.717) is 55.1 Å². The minimum Gasteiger partial charge on any atom is -0.300 e. The summed E-state index contributed by atoms with van der Waals surface area (Å²) in [6, 6.07) is 0. The van der Waals surface area contributed by atoms with Crippen LogP contribution < -0.4 is 0 Å². The maximum atomic E-state index is 12.4. The molecule has 0 aromatic carbocycles. The van der Waals surface area contributed by atoms with Gasteiger partial charge in [-0.1, -0.05) is 91.7 Å². The van der Waals surface area contributed by atoms with Gasteiger partial charge in [0.25, 0.3) is 0 Å². The van der Waals surface area contributed by atoms with E-state index in [1.807, 2.05) is 12.5 Å². The van der Waals surface area contributed by atoms with Gasteiger partial charge in [0.05, 0.1) is 0 Å². The summed E-state index contributed by atoms with van der Waals surface area (Å²) >= 11 is 0. The van der Waals surface area contributed by atoms with Crippen molar-refractivity contribution in [3.8, 4) is 0 Å². The van der Waals surface area contributed by atoms with E-state index in [2.05, 4.69) is 40.7 Å². The van der Waals surface area contributed by atoms with Crippen LogP contribution in [-0.4, -0.2) is 17.3 Å². The molecule has 0 bridgehead atoms. The molecule has 0 saturated heterocycles. The summed E-state index contributed by atoms with van der Waals surface area (Å²) in [6.45, 7) is 16.2. The van der Waals surface area contributed by atoms with Gasteiger partial charge in [-0.15, -0.1) is 0 Å². The van der Waals surface area contributed by atoms with Crippen LogP contribution in [0.5, 0.6) is 0 Å². The van der Waals surface area contributed by atoms with E-state index in [9.17, 15) is 14.4 Å². The van der Waals surface area contributed by atoms with E-state index >= 15 is 0 Å². The highest BCUT2D eigenvalue weighted by Gasteiger charge is 2.59. The van der Waals surface area contributed by atoms with Gasteiger partial charge in [0.1, 0.15) is 17.3 Å². The molecule has 0 aliphatic heterocycles. The first-order valence-electron chi connectivity index (χ1n) is 20.1. The normalized spacial score (nSPS) is 33.5. The lowest BCUT2D eigenvalue weighted by Gasteiger charge is -2.58. The van der Waals surface area contributed by atoms with Crippen molar-refractivity contribution < 1.29 is 14.4 Å². The zero-order chi connectivity index (χ0) is 33.5. The largest absolute Gasteiger partial charge is 0.300 e. The van der Waals surface area contributed by atoms with E-state index in [-0.39, 0.29) is 17.5 Å². The number of hydrogen-bond donors (Lipinski definition) is 0. The minimum absolute atomic E-state index is 0.0703. The summed E-state index contributed by atoms with van der Waals surface area (Å²) in [6.07, 6.45) is 26.5. The molecule has 46 heavy (non-hydrogen) atoms. The third-order valence-corrected chi connectivity index (χ3v) is 14.3. The zero-order valence-electron chi connectivity index (χ0n) is 31.3. The molecule has 0 aromatic heterocycles. The molecule has 0 spiro atoms. The second-order valence-electron chi connectivity index (χ2n) is 18.0. The van der Waals surface area contributed by atoms with Crippen LogP contribution in [0.25, 0.3) is 0 Å². The number of rotatable bonds is 19. The molecule has 3 fully saturated rings. The van der Waals surface area contributed by atoms with Gasteiger partial charge in [-0.2, -0.15) is 0 Å². The van der Waals surface area contributed by atoms with Crippen molar-refractivity contribution in [3.05, 3.63) is 11.6 Å². The monoisotopic (exact) mass is 637 g/mol. The molecule has 9 atom stereocenters. The molecule has 0 N–H and O–H groups in total. The van der Waals surface area contributed by atoms with E-state index in [4.69, 9.17) is 0 Å². The highest BCUT2D eigenvalue weighted by Crippen LogP contribution is 2.67. The average molecular weight is 637 g/mol. The molecule has 3 nitrogen and oxygen atoms in total. The zero-order valence-corrected chi connectivity index (χ0v) is 31.3. The van der Waals surface area contributed by atoms with Crippen molar-refractivity contribution in [3.63, 3.8) is 0 Å². The van der Waals surface area contributed by atoms with Gasteiger partial charge in [-0.3, -0.25) is 9.59 Å². The van der Waals surface area contributed by atoms with Gasteiger partial charge < -0.3 is 4.79 Å². The van der Waals surface area contributed by atoms with E-state index in [0.717, 1.165) is 54.3 Å². The third kappa shape index (κ3) is 9.25. The SMILES string of the molecule is CC(=O)CC[C@H](C)C(=O)CCCC(=O)CCCCC[C@H]1CCC2(C)C(=CC[C@@H]3C2CCC2(C)C3CCC2[C@H](C)CCCC(C)C)C1. The van der Waals surface area contributed by atoms with Gasteiger partial charge in [0, 0.05) is 31.6 Å². The quantitative estimate of drug-likeness (QED) is 0.105. The number of hydrogen-bond acceptors (Lipinski definition) is 3. The Hall–Kier alpha value is -1.25. The lowest BCUT2D eigenvalue weighted by Crippen LogP contribution is -2.50. The van der Waals surface area contributed by atoms with Crippen LogP contribution in [0.2, 0.25) is 0 Å². The van der Waals surface area contributed by atoms with Gasteiger partial charge >= 0.3 is 0 Å². The molecule has 3 saturated carbocycles. The number of Topliss-reactive ketones (excluding diaryl/α,β-unsaturated/α-hetero) is 3. The standard InChI is InChI=1S/C43H72O3/c1-30(2)13-11-14-31(3)38-23-24-39-37-22-21-35-29-34(25-27-42(35,6)40(37)26-28-43(38,39)7)15-9-8-10-16-36(45)17-12-18-41(46)32(4)19-20-33(5)44/h21,30-32,34,37-40H,8-20,22-29H2,1-7H3/t31-,32+,34+,37+,38?,39?,40?,42?,43?/m1/s1. The second kappa shape index (κ2) is 16.9. The number of fused-ring (bicyclic) bond motifs is 5. The van der Waals surface area contributed by atoms with Crippen molar-refractivity contribution in [2.75, 3.05) is 0 Å². The van der Waals surface area contributed by atoms with Crippen LogP contribution in [0, 0.1) is 58.2 Å². The maximum absolute atomic E-state index is 12.4. The van der Waals surface area contributed by atoms with Crippen LogP contribution in [0.3, 0.4) is 0 Å². The molecule has 262 valence electrons. The molecule has 5 unspecified atom stereocenters. The number of carbonyl (C=O) groups is 3. The van der Waals surface area contributed by atoms with E-state index in [1.165, 1.54) is 83.5 Å². The Kier molecular flexibility index (Phi) is 13.8. The highest BCUT2D eigenvalue weighted by atomic mass is 16.1. The number of carbonyl (C=O) groups excluding carboxylic acids is 3. The molecule has 0 radical (unpaired) electrons. The summed E-state index contributed by atoms with van der Waals surface area (Å²) in [7, 11) is 0. The second-order valence-corrected chi connectivity index (χ2v) is 18.0. The summed E-state index contributed by atoms with van der Waals surface area (Å²) in [5, 5.41) is 0. The summed E-state index contributed by atoms with van der Waals surface area (Å²) in [5.74, 6) is 6.86. The lowest BCUT2D eigenvalue weighted by molar-refractivity contribution is -0.123. The molecule has 4 rings (SSSR count). The van der Waals surface area contributed by atoms with Crippen molar-refractivity contribution in [2.45, 2.75) is 183 Å². The summed E-state index contributed by atoms with van der Waals surface area (Å²) in [5.41, 5.74) is 2.84. The smallest absolute Gasteiger partial charge is 0.135 e. The summed E-state index contributed by atoms with van der Waals surface area (Å²) < 4.78 is 0. The fourth-order valence-electron chi connectivity index (χ4n) is 11.4. The third-order valence-electron chi connectivity index (χ3n) is 14.3. The number of allylic oxidation sites excluding steroid dienone is 2. The topological polar surface area (TPSA) is 51.2 Å².